The summed E-state index contributed by atoms with van der Waals surface area (Å²) in [5.74, 6) is -0.626. The largest absolute Gasteiger partial charge is 0.480 e. The topological polar surface area (TPSA) is 86.6 Å². The third kappa shape index (κ3) is 7.32. The third-order valence-corrected chi connectivity index (χ3v) is 7.05. The number of aliphatic carboxylic acids is 1. The maximum Gasteiger partial charge on any atom is 0.323 e. The Kier molecular flexibility index (Phi) is 9.34. The quantitative estimate of drug-likeness (QED) is 0.359. The molecule has 0 unspecified atom stereocenters. The number of carboxylic acid groups (broad SMARTS) is 1. The summed E-state index contributed by atoms with van der Waals surface area (Å²) in [6.07, 6.45) is 5.81. The van der Waals surface area contributed by atoms with Crippen LogP contribution in [0, 0.1) is 5.92 Å². The molecule has 3 aromatic rings. The number of carbonyl (C=O) groups excluding carboxylic acids is 1. The predicted molar refractivity (Wildman–Crippen MR) is 150 cm³/mol. The number of anilines is 1. The SMILES string of the molecule is CC(C)CN(CC(=O)O)C(=O)c1cnc(N2CCC[C@H]2Cc2ccc(Cl)cc2)nc1CCc1ccccc1. The second kappa shape index (κ2) is 12.9. The van der Waals surface area contributed by atoms with Crippen LogP contribution in [0.4, 0.5) is 5.95 Å². The van der Waals surface area contributed by atoms with Gasteiger partial charge in [-0.2, -0.15) is 0 Å². The zero-order chi connectivity index (χ0) is 27.1. The Morgan fingerprint density at radius 2 is 1.82 bits per heavy atom. The van der Waals surface area contributed by atoms with E-state index in [2.05, 4.69) is 34.1 Å². The average molecular weight is 535 g/mol. The van der Waals surface area contributed by atoms with Crippen molar-refractivity contribution >= 4 is 29.4 Å². The summed E-state index contributed by atoms with van der Waals surface area (Å²) in [4.78, 5) is 38.3. The van der Waals surface area contributed by atoms with Crippen molar-refractivity contribution in [3.63, 3.8) is 0 Å². The first-order chi connectivity index (χ1) is 18.3. The number of carboxylic acids is 1. The zero-order valence-electron chi connectivity index (χ0n) is 22.0. The summed E-state index contributed by atoms with van der Waals surface area (Å²) in [6.45, 7) is 4.77. The molecule has 2 heterocycles. The first-order valence-corrected chi connectivity index (χ1v) is 13.6. The highest BCUT2D eigenvalue weighted by atomic mass is 35.5. The monoisotopic (exact) mass is 534 g/mol. The van der Waals surface area contributed by atoms with E-state index in [9.17, 15) is 14.7 Å². The first kappa shape index (κ1) is 27.6. The predicted octanol–water partition coefficient (Wildman–Crippen LogP) is 5.31. The van der Waals surface area contributed by atoms with Crippen molar-refractivity contribution < 1.29 is 14.7 Å². The number of hydrogen-bond acceptors (Lipinski definition) is 5. The molecule has 4 rings (SSSR count). The van der Waals surface area contributed by atoms with Crippen LogP contribution in [-0.2, 0) is 24.1 Å². The lowest BCUT2D eigenvalue weighted by Crippen LogP contribution is -2.39. The Morgan fingerprint density at radius 3 is 2.50 bits per heavy atom. The van der Waals surface area contributed by atoms with Crippen LogP contribution in [0.3, 0.4) is 0 Å². The van der Waals surface area contributed by atoms with Gasteiger partial charge in [0.25, 0.3) is 5.91 Å². The Bertz CT molecular complexity index is 1230. The fourth-order valence-corrected chi connectivity index (χ4v) is 5.15. The molecule has 2 aromatic carbocycles. The zero-order valence-corrected chi connectivity index (χ0v) is 22.8. The molecule has 200 valence electrons. The van der Waals surface area contributed by atoms with Gasteiger partial charge < -0.3 is 14.9 Å². The maximum absolute atomic E-state index is 13.6. The minimum atomic E-state index is -1.04. The normalized spacial score (nSPS) is 15.2. The van der Waals surface area contributed by atoms with Crippen LogP contribution in [0.5, 0.6) is 0 Å². The molecular weight excluding hydrogens is 500 g/mol. The van der Waals surface area contributed by atoms with Gasteiger partial charge in [0.2, 0.25) is 5.95 Å². The number of hydrogen-bond donors (Lipinski definition) is 1. The molecule has 0 saturated carbocycles. The molecule has 8 heteroatoms. The fraction of sp³-hybridized carbons (Fsp3) is 0.400. The van der Waals surface area contributed by atoms with Crippen LogP contribution in [0.25, 0.3) is 0 Å². The minimum absolute atomic E-state index is 0.129. The van der Waals surface area contributed by atoms with Gasteiger partial charge in [-0.15, -0.1) is 0 Å². The molecule has 0 spiro atoms. The lowest BCUT2D eigenvalue weighted by molar-refractivity contribution is -0.137. The number of halogens is 1. The van der Waals surface area contributed by atoms with Crippen molar-refractivity contribution in [1.29, 1.82) is 0 Å². The van der Waals surface area contributed by atoms with Crippen LogP contribution in [0.2, 0.25) is 5.02 Å². The summed E-state index contributed by atoms with van der Waals surface area (Å²) in [5.41, 5.74) is 3.39. The minimum Gasteiger partial charge on any atom is -0.480 e. The number of carbonyl (C=O) groups is 2. The molecular formula is C30H35ClN4O3. The lowest BCUT2D eigenvalue weighted by Gasteiger charge is -2.27. The molecule has 0 radical (unpaired) electrons. The van der Waals surface area contributed by atoms with Crippen LogP contribution in [-0.4, -0.2) is 57.5 Å². The highest BCUT2D eigenvalue weighted by molar-refractivity contribution is 6.30. The maximum atomic E-state index is 13.6. The van der Waals surface area contributed by atoms with Crippen molar-refractivity contribution in [3.05, 3.63) is 88.2 Å². The van der Waals surface area contributed by atoms with Crippen molar-refractivity contribution in [2.24, 2.45) is 5.92 Å². The van der Waals surface area contributed by atoms with Crippen molar-refractivity contribution in [2.75, 3.05) is 24.5 Å². The van der Waals surface area contributed by atoms with Gasteiger partial charge in [0.15, 0.2) is 0 Å². The van der Waals surface area contributed by atoms with Gasteiger partial charge in [0.1, 0.15) is 6.54 Å². The van der Waals surface area contributed by atoms with E-state index >= 15 is 0 Å². The van der Waals surface area contributed by atoms with Gasteiger partial charge >= 0.3 is 5.97 Å². The van der Waals surface area contributed by atoms with Gasteiger partial charge in [0, 0.05) is 30.4 Å². The summed E-state index contributed by atoms with van der Waals surface area (Å²) in [6, 6.07) is 18.3. The van der Waals surface area contributed by atoms with Crippen LogP contribution in [0.15, 0.2) is 60.8 Å². The number of amides is 1. The van der Waals surface area contributed by atoms with Crippen LogP contribution in [0.1, 0.15) is 53.9 Å². The number of rotatable bonds is 11. The molecule has 38 heavy (non-hydrogen) atoms. The lowest BCUT2D eigenvalue weighted by atomic mass is 10.0. The smallest absolute Gasteiger partial charge is 0.323 e. The summed E-state index contributed by atoms with van der Waals surface area (Å²) >= 11 is 6.07. The van der Waals surface area contributed by atoms with Crippen LogP contribution < -0.4 is 4.90 Å². The molecule has 1 aliphatic rings. The Hall–Kier alpha value is -3.45. The van der Waals surface area contributed by atoms with Crippen LogP contribution >= 0.6 is 11.6 Å². The van der Waals surface area contributed by atoms with Crippen molar-refractivity contribution in [1.82, 2.24) is 14.9 Å². The second-order valence-corrected chi connectivity index (χ2v) is 10.7. The van der Waals surface area contributed by atoms with Gasteiger partial charge in [-0.25, -0.2) is 9.97 Å². The van der Waals surface area contributed by atoms with Gasteiger partial charge in [-0.1, -0.05) is 67.9 Å². The fourth-order valence-electron chi connectivity index (χ4n) is 5.02. The van der Waals surface area contributed by atoms with E-state index in [4.69, 9.17) is 16.6 Å². The highest BCUT2D eigenvalue weighted by Crippen LogP contribution is 2.27. The van der Waals surface area contributed by atoms with E-state index < -0.39 is 5.97 Å². The van der Waals surface area contributed by atoms with Gasteiger partial charge in [-0.3, -0.25) is 9.59 Å². The molecule has 1 aromatic heterocycles. The molecule has 1 aliphatic heterocycles. The highest BCUT2D eigenvalue weighted by Gasteiger charge is 2.29. The van der Waals surface area contributed by atoms with E-state index in [0.29, 0.717) is 30.2 Å². The molecule has 1 amide bonds. The molecule has 1 saturated heterocycles. The van der Waals surface area contributed by atoms with Gasteiger partial charge in [0.05, 0.1) is 11.3 Å². The average Bonchev–Trinajstić information content (AvgIpc) is 3.36. The molecule has 0 aliphatic carbocycles. The van der Waals surface area contributed by atoms with Crippen molar-refractivity contribution in [3.8, 4) is 0 Å². The number of aryl methyl sites for hydroxylation is 2. The van der Waals surface area contributed by atoms with E-state index in [1.54, 1.807) is 6.20 Å². The molecule has 1 fully saturated rings. The Labute approximate surface area is 229 Å². The number of benzene rings is 2. The Morgan fingerprint density at radius 1 is 1.08 bits per heavy atom. The van der Waals surface area contributed by atoms with Crippen molar-refractivity contribution in [2.45, 2.75) is 52.0 Å². The number of aromatic nitrogens is 2. The van der Waals surface area contributed by atoms with E-state index in [1.807, 2.05) is 44.2 Å². The summed E-state index contributed by atoms with van der Waals surface area (Å²) in [7, 11) is 0. The summed E-state index contributed by atoms with van der Waals surface area (Å²) < 4.78 is 0. The van der Waals surface area contributed by atoms with Gasteiger partial charge in [-0.05, 0) is 61.3 Å². The molecule has 7 nitrogen and oxygen atoms in total. The van der Waals surface area contributed by atoms with E-state index in [1.165, 1.54) is 10.5 Å². The third-order valence-electron chi connectivity index (χ3n) is 6.80. The number of nitrogens with zero attached hydrogens (tertiary/aromatic N) is 4. The molecule has 1 N–H and O–H groups in total. The first-order valence-electron chi connectivity index (χ1n) is 13.2. The molecule has 1 atom stereocenters. The van der Waals surface area contributed by atoms with E-state index in [-0.39, 0.29) is 24.4 Å². The summed E-state index contributed by atoms with van der Waals surface area (Å²) in [5, 5.41) is 10.1. The Balaban J connectivity index is 1.63. The standard InChI is InChI=1S/C30H35ClN4O3/c1-21(2)19-34(20-28(36)37)29(38)26-18-32-30(33-27(26)15-12-22-7-4-3-5-8-22)35-16-6-9-25(35)17-23-10-13-24(31)14-11-23/h3-5,7-8,10-11,13-14,18,21,25H,6,9,12,15-17,19-20H2,1-2H3,(H,36,37)/t25-/m0/s1. The van der Waals surface area contributed by atoms with E-state index in [0.717, 1.165) is 42.8 Å². The molecule has 0 bridgehead atoms. The second-order valence-electron chi connectivity index (χ2n) is 10.3.